The lowest BCUT2D eigenvalue weighted by molar-refractivity contribution is 0.574. The predicted molar refractivity (Wildman–Crippen MR) is 96.8 cm³/mol. The Morgan fingerprint density at radius 2 is 1.36 bits per heavy atom. The molecule has 0 saturated heterocycles. The standard InChI is InChI=1S/C10H13F.C9H12.C2H6/c1-8(2)7-9-5-3-4-6-10(9)11;1-3-9-7-5-4-6-8(9)2;1-2/h3-6,8H,7H2,1-2H3;4-7H,3H2,1-2H3;1-2H3. The van der Waals surface area contributed by atoms with Gasteiger partial charge in [-0.15, -0.1) is 0 Å². The van der Waals surface area contributed by atoms with Crippen LogP contribution in [0.5, 0.6) is 0 Å². The molecular formula is C21H31F. The van der Waals surface area contributed by atoms with Gasteiger partial charge in [-0.1, -0.05) is 77.1 Å². The van der Waals surface area contributed by atoms with E-state index in [2.05, 4.69) is 52.0 Å². The molecule has 0 N–H and O–H groups in total. The van der Waals surface area contributed by atoms with Gasteiger partial charge < -0.3 is 0 Å². The van der Waals surface area contributed by atoms with Gasteiger partial charge in [0.1, 0.15) is 5.82 Å². The van der Waals surface area contributed by atoms with E-state index in [0.29, 0.717) is 5.92 Å². The highest BCUT2D eigenvalue weighted by Gasteiger charge is 2.01. The Bertz CT molecular complexity index is 515. The van der Waals surface area contributed by atoms with Crippen LogP contribution in [0.1, 0.15) is 51.3 Å². The number of halogens is 1. The van der Waals surface area contributed by atoms with Crippen LogP contribution in [0.3, 0.4) is 0 Å². The van der Waals surface area contributed by atoms with Gasteiger partial charge in [0.25, 0.3) is 0 Å². The number of rotatable bonds is 3. The minimum absolute atomic E-state index is 0.0822. The van der Waals surface area contributed by atoms with Crippen LogP contribution in [-0.4, -0.2) is 0 Å². The van der Waals surface area contributed by atoms with Crippen molar-refractivity contribution in [3.63, 3.8) is 0 Å². The summed E-state index contributed by atoms with van der Waals surface area (Å²) in [7, 11) is 0. The molecule has 0 heterocycles. The fraction of sp³-hybridized carbons (Fsp3) is 0.429. The lowest BCUT2D eigenvalue weighted by Crippen LogP contribution is -1.96. The maximum absolute atomic E-state index is 12.9. The average molecular weight is 302 g/mol. The van der Waals surface area contributed by atoms with Crippen molar-refractivity contribution in [3.8, 4) is 0 Å². The summed E-state index contributed by atoms with van der Waals surface area (Å²) in [4.78, 5) is 0. The minimum Gasteiger partial charge on any atom is -0.207 e. The van der Waals surface area contributed by atoms with E-state index in [9.17, 15) is 4.39 Å². The van der Waals surface area contributed by atoms with Crippen molar-refractivity contribution < 1.29 is 4.39 Å². The van der Waals surface area contributed by atoms with Gasteiger partial charge in [-0.05, 0) is 48.4 Å². The third-order valence-electron chi connectivity index (χ3n) is 3.23. The highest BCUT2D eigenvalue weighted by Crippen LogP contribution is 2.11. The molecule has 0 amide bonds. The Morgan fingerprint density at radius 3 is 1.77 bits per heavy atom. The molecular weight excluding hydrogens is 271 g/mol. The molecule has 0 unspecified atom stereocenters. The fourth-order valence-corrected chi connectivity index (χ4v) is 2.11. The molecule has 0 fully saturated rings. The smallest absolute Gasteiger partial charge is 0.126 e. The molecule has 0 radical (unpaired) electrons. The second-order valence-electron chi connectivity index (χ2n) is 5.47. The Morgan fingerprint density at radius 1 is 0.864 bits per heavy atom. The van der Waals surface area contributed by atoms with Gasteiger partial charge in [0, 0.05) is 0 Å². The van der Waals surface area contributed by atoms with Crippen LogP contribution in [-0.2, 0) is 12.8 Å². The van der Waals surface area contributed by atoms with Crippen LogP contribution in [0, 0.1) is 18.7 Å². The van der Waals surface area contributed by atoms with Crippen LogP contribution in [0.4, 0.5) is 4.39 Å². The summed E-state index contributed by atoms with van der Waals surface area (Å²) in [6, 6.07) is 15.4. The number of hydrogen-bond donors (Lipinski definition) is 0. The molecule has 1 heteroatoms. The highest BCUT2D eigenvalue weighted by atomic mass is 19.1. The summed E-state index contributed by atoms with van der Waals surface area (Å²) in [6.07, 6.45) is 1.97. The van der Waals surface area contributed by atoms with E-state index in [1.54, 1.807) is 6.07 Å². The van der Waals surface area contributed by atoms with Crippen molar-refractivity contribution in [1.29, 1.82) is 0 Å². The van der Waals surface area contributed by atoms with Gasteiger partial charge in [-0.25, -0.2) is 4.39 Å². The van der Waals surface area contributed by atoms with Crippen LogP contribution in [0.2, 0.25) is 0 Å². The Hall–Kier alpha value is -1.63. The number of aryl methyl sites for hydroxylation is 2. The number of benzene rings is 2. The predicted octanol–water partition coefficient (Wildman–Crippen LogP) is 6.61. The molecule has 2 aromatic rings. The van der Waals surface area contributed by atoms with Crippen molar-refractivity contribution in [2.24, 2.45) is 5.92 Å². The normalized spacial score (nSPS) is 9.45. The van der Waals surface area contributed by atoms with Crippen LogP contribution in [0.15, 0.2) is 48.5 Å². The van der Waals surface area contributed by atoms with E-state index >= 15 is 0 Å². The molecule has 0 bridgehead atoms. The Kier molecular flexibility index (Phi) is 11.1. The topological polar surface area (TPSA) is 0 Å². The first-order valence-electron chi connectivity index (χ1n) is 8.32. The minimum atomic E-state index is -0.0822. The summed E-state index contributed by atoms with van der Waals surface area (Å²) in [5.41, 5.74) is 3.68. The van der Waals surface area contributed by atoms with Gasteiger partial charge >= 0.3 is 0 Å². The lowest BCUT2D eigenvalue weighted by Gasteiger charge is -2.04. The maximum Gasteiger partial charge on any atom is 0.126 e. The summed E-state index contributed by atoms with van der Waals surface area (Å²) in [5.74, 6) is 0.438. The van der Waals surface area contributed by atoms with E-state index < -0.39 is 0 Å². The monoisotopic (exact) mass is 302 g/mol. The fourth-order valence-electron chi connectivity index (χ4n) is 2.11. The molecule has 0 saturated carbocycles. The molecule has 0 aromatic heterocycles. The van der Waals surface area contributed by atoms with E-state index in [0.717, 1.165) is 18.4 Å². The molecule has 0 spiro atoms. The molecule has 0 nitrogen and oxygen atoms in total. The molecule has 2 rings (SSSR count). The SMILES string of the molecule is CC.CC(C)Cc1ccccc1F.CCc1ccccc1C. The van der Waals surface area contributed by atoms with Crippen LogP contribution < -0.4 is 0 Å². The van der Waals surface area contributed by atoms with Crippen molar-refractivity contribution in [3.05, 3.63) is 71.0 Å². The van der Waals surface area contributed by atoms with Gasteiger partial charge in [-0.2, -0.15) is 0 Å². The quantitative estimate of drug-likeness (QED) is 0.598. The van der Waals surface area contributed by atoms with E-state index in [1.165, 1.54) is 17.2 Å². The van der Waals surface area contributed by atoms with Crippen molar-refractivity contribution in [2.75, 3.05) is 0 Å². The zero-order valence-corrected chi connectivity index (χ0v) is 15.0. The first-order chi connectivity index (χ1) is 10.5. The number of hydrogen-bond acceptors (Lipinski definition) is 0. The Balaban J connectivity index is 0.000000366. The Labute approximate surface area is 136 Å². The molecule has 2 aromatic carbocycles. The van der Waals surface area contributed by atoms with Crippen molar-refractivity contribution >= 4 is 0 Å². The third-order valence-corrected chi connectivity index (χ3v) is 3.23. The zero-order chi connectivity index (χ0) is 17.0. The second-order valence-corrected chi connectivity index (χ2v) is 5.47. The second kappa shape index (κ2) is 12.0. The summed E-state index contributed by atoms with van der Waals surface area (Å²) >= 11 is 0. The van der Waals surface area contributed by atoms with Gasteiger partial charge in [0.15, 0.2) is 0 Å². The first kappa shape index (κ1) is 20.4. The molecule has 0 aliphatic rings. The highest BCUT2D eigenvalue weighted by molar-refractivity contribution is 5.25. The van der Waals surface area contributed by atoms with E-state index in [4.69, 9.17) is 0 Å². The van der Waals surface area contributed by atoms with Crippen molar-refractivity contribution in [1.82, 2.24) is 0 Å². The van der Waals surface area contributed by atoms with Gasteiger partial charge in [0.05, 0.1) is 0 Å². The molecule has 22 heavy (non-hydrogen) atoms. The maximum atomic E-state index is 12.9. The first-order valence-corrected chi connectivity index (χ1v) is 8.32. The molecule has 0 aliphatic heterocycles. The summed E-state index contributed by atoms with van der Waals surface area (Å²) in [6.45, 7) is 12.5. The van der Waals surface area contributed by atoms with Crippen LogP contribution in [0.25, 0.3) is 0 Å². The van der Waals surface area contributed by atoms with Gasteiger partial charge in [-0.3, -0.25) is 0 Å². The largest absolute Gasteiger partial charge is 0.207 e. The average Bonchev–Trinajstić information content (AvgIpc) is 2.52. The van der Waals surface area contributed by atoms with Crippen LogP contribution >= 0.6 is 0 Å². The molecule has 0 atom stereocenters. The summed E-state index contributed by atoms with van der Waals surface area (Å²) in [5, 5.41) is 0. The molecule has 122 valence electrons. The molecule has 0 aliphatic carbocycles. The lowest BCUT2D eigenvalue weighted by atomic mass is 10.0. The van der Waals surface area contributed by atoms with E-state index in [-0.39, 0.29) is 5.82 Å². The third kappa shape index (κ3) is 7.97. The summed E-state index contributed by atoms with van der Waals surface area (Å²) < 4.78 is 12.9. The van der Waals surface area contributed by atoms with Crippen molar-refractivity contribution in [2.45, 2.75) is 54.4 Å². The van der Waals surface area contributed by atoms with Gasteiger partial charge in [0.2, 0.25) is 0 Å². The zero-order valence-electron chi connectivity index (χ0n) is 15.0. The van der Waals surface area contributed by atoms with E-state index in [1.807, 2.05) is 26.0 Å².